The number of nitrogens with one attached hydrogen (secondary N) is 1. The summed E-state index contributed by atoms with van der Waals surface area (Å²) >= 11 is 0. The number of hydrogen-bond donors (Lipinski definition) is 2. The fourth-order valence-corrected chi connectivity index (χ4v) is 4.30. The molecular weight excluding hydrogens is 300 g/mol. The van der Waals surface area contributed by atoms with E-state index in [2.05, 4.69) is 23.8 Å². The summed E-state index contributed by atoms with van der Waals surface area (Å²) in [6.45, 7) is 12.2. The number of H-pyrrole nitrogens is 1. The molecule has 1 aromatic rings. The number of aryl methyl sites for hydroxylation is 1. The lowest BCUT2D eigenvalue weighted by atomic mass is 9.73. The fourth-order valence-electron chi connectivity index (χ4n) is 4.30. The molecule has 2 heterocycles. The van der Waals surface area contributed by atoms with Gasteiger partial charge in [0.05, 0.1) is 17.3 Å². The highest BCUT2D eigenvalue weighted by Gasteiger charge is 2.48. The SMILES string of the molecule is CCC1=C(C)C(C2C(=O)C(c3[nH]c(C)c(CC)c3C)=C2O)N=C1C. The van der Waals surface area contributed by atoms with Gasteiger partial charge in [-0.1, -0.05) is 13.8 Å². The highest BCUT2D eigenvalue weighted by molar-refractivity contribution is 6.30. The smallest absolute Gasteiger partial charge is 0.181 e. The van der Waals surface area contributed by atoms with Crippen molar-refractivity contribution >= 4 is 17.1 Å². The van der Waals surface area contributed by atoms with Gasteiger partial charge in [-0.15, -0.1) is 0 Å². The maximum atomic E-state index is 12.8. The van der Waals surface area contributed by atoms with E-state index in [0.29, 0.717) is 5.57 Å². The molecule has 0 spiro atoms. The maximum Gasteiger partial charge on any atom is 0.181 e. The number of aromatic nitrogens is 1. The molecule has 0 saturated heterocycles. The maximum absolute atomic E-state index is 12.8. The van der Waals surface area contributed by atoms with Crippen LogP contribution in [0.4, 0.5) is 0 Å². The topological polar surface area (TPSA) is 65.5 Å². The zero-order valence-electron chi connectivity index (χ0n) is 15.4. The average molecular weight is 326 g/mol. The number of aliphatic hydroxyl groups is 1. The highest BCUT2D eigenvalue weighted by atomic mass is 16.3. The lowest BCUT2D eigenvalue weighted by Crippen LogP contribution is -2.38. The number of ketones is 1. The highest BCUT2D eigenvalue weighted by Crippen LogP contribution is 2.44. The molecule has 2 aliphatic rings. The minimum atomic E-state index is -0.521. The van der Waals surface area contributed by atoms with Crippen molar-refractivity contribution in [1.82, 2.24) is 4.98 Å². The first kappa shape index (κ1) is 16.7. The molecule has 0 fully saturated rings. The van der Waals surface area contributed by atoms with E-state index < -0.39 is 5.92 Å². The van der Waals surface area contributed by atoms with E-state index in [9.17, 15) is 9.90 Å². The predicted molar refractivity (Wildman–Crippen MR) is 97.6 cm³/mol. The molecule has 0 amide bonds. The van der Waals surface area contributed by atoms with Crippen molar-refractivity contribution in [2.45, 2.75) is 60.4 Å². The monoisotopic (exact) mass is 326 g/mol. The van der Waals surface area contributed by atoms with Gasteiger partial charge in [0.1, 0.15) is 11.7 Å². The van der Waals surface area contributed by atoms with Gasteiger partial charge in [0.2, 0.25) is 0 Å². The van der Waals surface area contributed by atoms with E-state index >= 15 is 0 Å². The van der Waals surface area contributed by atoms with Crippen LogP contribution in [-0.2, 0) is 11.2 Å². The molecule has 4 nitrogen and oxygen atoms in total. The van der Waals surface area contributed by atoms with Crippen molar-refractivity contribution in [2.24, 2.45) is 10.9 Å². The van der Waals surface area contributed by atoms with Crippen LogP contribution in [0, 0.1) is 19.8 Å². The zero-order chi connectivity index (χ0) is 17.8. The summed E-state index contributed by atoms with van der Waals surface area (Å²) in [7, 11) is 0. The predicted octanol–water partition coefficient (Wildman–Crippen LogP) is 4.23. The molecule has 2 unspecified atom stereocenters. The number of nitrogens with zero attached hydrogens (tertiary/aromatic N) is 1. The lowest BCUT2D eigenvalue weighted by molar-refractivity contribution is -0.119. The third-order valence-electron chi connectivity index (χ3n) is 5.63. The second-order valence-electron chi connectivity index (χ2n) is 6.86. The van der Waals surface area contributed by atoms with E-state index in [4.69, 9.17) is 0 Å². The van der Waals surface area contributed by atoms with Crippen molar-refractivity contribution in [3.63, 3.8) is 0 Å². The largest absolute Gasteiger partial charge is 0.511 e. The van der Waals surface area contributed by atoms with Crippen molar-refractivity contribution in [3.05, 3.63) is 39.4 Å². The summed E-state index contributed by atoms with van der Waals surface area (Å²) in [5.41, 5.74) is 7.92. The molecule has 0 bridgehead atoms. The van der Waals surface area contributed by atoms with Crippen molar-refractivity contribution in [2.75, 3.05) is 0 Å². The van der Waals surface area contributed by atoms with Gasteiger partial charge in [0.15, 0.2) is 5.78 Å². The number of carbonyl (C=O) groups excluding carboxylic acids is 1. The number of aromatic amines is 1. The Bertz CT molecular complexity index is 821. The number of aliphatic hydroxyl groups excluding tert-OH is 1. The van der Waals surface area contributed by atoms with E-state index in [1.54, 1.807) is 0 Å². The first-order valence-corrected chi connectivity index (χ1v) is 8.73. The first-order chi connectivity index (χ1) is 11.3. The van der Waals surface area contributed by atoms with Gasteiger partial charge in [0, 0.05) is 11.4 Å². The standard InChI is InChI=1S/C20H26N2O2/c1-7-13-9(3)17(21-11(13)5)15-19(23)16(20(15)24)18-10(4)14(8-2)12(6)22-18/h15,17,22-23H,7-8H2,1-6H3. The Labute approximate surface area is 143 Å². The number of carbonyl (C=O) groups is 1. The summed E-state index contributed by atoms with van der Waals surface area (Å²) in [5, 5.41) is 10.7. The van der Waals surface area contributed by atoms with Crippen molar-refractivity contribution < 1.29 is 9.90 Å². The number of allylic oxidation sites excluding steroid dienone is 2. The number of hydrogen-bond acceptors (Lipinski definition) is 3. The Morgan fingerprint density at radius 2 is 1.79 bits per heavy atom. The summed E-state index contributed by atoms with van der Waals surface area (Å²) in [6.07, 6.45) is 1.82. The Balaban J connectivity index is 2.01. The van der Waals surface area contributed by atoms with E-state index in [1.165, 1.54) is 11.1 Å². The number of aliphatic imine (C=N–C) groups is 1. The van der Waals surface area contributed by atoms with Gasteiger partial charge in [-0.2, -0.15) is 0 Å². The van der Waals surface area contributed by atoms with E-state index in [-0.39, 0.29) is 17.6 Å². The van der Waals surface area contributed by atoms with Crippen molar-refractivity contribution in [3.8, 4) is 0 Å². The molecule has 3 rings (SSSR count). The Kier molecular flexibility index (Phi) is 4.02. The summed E-state index contributed by atoms with van der Waals surface area (Å²) in [4.78, 5) is 20.8. The van der Waals surface area contributed by atoms with Crippen LogP contribution < -0.4 is 0 Å². The molecule has 1 aromatic heterocycles. The lowest BCUT2D eigenvalue weighted by Gasteiger charge is -2.31. The van der Waals surface area contributed by atoms with Crippen LogP contribution in [0.25, 0.3) is 5.57 Å². The van der Waals surface area contributed by atoms with Gasteiger partial charge in [-0.25, -0.2) is 0 Å². The Morgan fingerprint density at radius 3 is 2.25 bits per heavy atom. The van der Waals surface area contributed by atoms with Crippen LogP contribution in [0.15, 0.2) is 21.9 Å². The van der Waals surface area contributed by atoms with Crippen molar-refractivity contribution in [1.29, 1.82) is 0 Å². The molecule has 1 aliphatic heterocycles. The molecular formula is C20H26N2O2. The average Bonchev–Trinajstić information content (AvgIpc) is 2.96. The molecule has 2 N–H and O–H groups in total. The molecule has 24 heavy (non-hydrogen) atoms. The van der Waals surface area contributed by atoms with Crippen LogP contribution in [0.5, 0.6) is 0 Å². The molecule has 0 aromatic carbocycles. The second kappa shape index (κ2) is 5.76. The Hall–Kier alpha value is -2.10. The molecule has 0 saturated carbocycles. The minimum Gasteiger partial charge on any atom is -0.511 e. The van der Waals surface area contributed by atoms with Gasteiger partial charge >= 0.3 is 0 Å². The normalized spacial score (nSPS) is 23.9. The summed E-state index contributed by atoms with van der Waals surface area (Å²) in [6, 6.07) is -0.238. The molecule has 2 atom stereocenters. The minimum absolute atomic E-state index is 0.00208. The quantitative estimate of drug-likeness (QED) is 0.869. The second-order valence-corrected chi connectivity index (χ2v) is 6.86. The molecule has 0 radical (unpaired) electrons. The third-order valence-corrected chi connectivity index (χ3v) is 5.63. The molecule has 4 heteroatoms. The van der Waals surface area contributed by atoms with Gasteiger partial charge in [-0.3, -0.25) is 9.79 Å². The molecule has 128 valence electrons. The zero-order valence-corrected chi connectivity index (χ0v) is 15.4. The van der Waals surface area contributed by atoms with Gasteiger partial charge in [-0.05, 0) is 62.8 Å². The molecule has 1 aliphatic carbocycles. The van der Waals surface area contributed by atoms with Crippen LogP contribution >= 0.6 is 0 Å². The first-order valence-electron chi connectivity index (χ1n) is 8.73. The number of Topliss-reactive ketones (excluding diaryl/α,β-unsaturated/α-hetero) is 1. The van der Waals surface area contributed by atoms with Gasteiger partial charge in [0.25, 0.3) is 0 Å². The van der Waals surface area contributed by atoms with Gasteiger partial charge < -0.3 is 10.1 Å². The fraction of sp³-hybridized carbons (Fsp3) is 0.500. The third kappa shape index (κ3) is 2.12. The summed E-state index contributed by atoms with van der Waals surface area (Å²) in [5.74, 6) is -0.338. The Morgan fingerprint density at radius 1 is 1.12 bits per heavy atom. The van der Waals surface area contributed by atoms with E-state index in [1.807, 2.05) is 27.7 Å². The van der Waals surface area contributed by atoms with Crippen LogP contribution in [0.1, 0.15) is 56.6 Å². The summed E-state index contributed by atoms with van der Waals surface area (Å²) < 4.78 is 0. The van der Waals surface area contributed by atoms with Crippen LogP contribution in [0.2, 0.25) is 0 Å². The van der Waals surface area contributed by atoms with Crippen LogP contribution in [0.3, 0.4) is 0 Å². The number of rotatable bonds is 4. The van der Waals surface area contributed by atoms with Crippen LogP contribution in [-0.4, -0.2) is 27.6 Å². The van der Waals surface area contributed by atoms with E-state index in [0.717, 1.165) is 41.1 Å².